The Labute approximate surface area is 184 Å². The molecule has 2 heterocycles. The molecule has 0 unspecified atom stereocenters. The summed E-state index contributed by atoms with van der Waals surface area (Å²) in [6.45, 7) is 6.80. The Bertz CT molecular complexity index is 1300. The average Bonchev–Trinajstić information content (AvgIpc) is 3.28. The fraction of sp³-hybridized carbons (Fsp3) is 0.207. The summed E-state index contributed by atoms with van der Waals surface area (Å²) in [6, 6.07) is 25.8. The molecule has 3 aromatic carbocycles. The number of aromatic amines is 1. The van der Waals surface area contributed by atoms with Crippen LogP contribution in [0, 0.1) is 0 Å². The van der Waals surface area contributed by atoms with E-state index in [1.165, 1.54) is 27.6 Å². The van der Waals surface area contributed by atoms with Crippen molar-refractivity contribution in [3.63, 3.8) is 0 Å². The van der Waals surface area contributed by atoms with Gasteiger partial charge in [0.2, 0.25) is 0 Å². The molecule has 2 nitrogen and oxygen atoms in total. The van der Waals surface area contributed by atoms with E-state index in [9.17, 15) is 0 Å². The molecule has 4 aromatic rings. The molecule has 31 heavy (non-hydrogen) atoms. The molecule has 1 aromatic heterocycles. The average molecular weight is 405 g/mol. The van der Waals surface area contributed by atoms with Gasteiger partial charge in [-0.2, -0.15) is 0 Å². The maximum Gasteiger partial charge on any atom is 0.0674 e. The van der Waals surface area contributed by atoms with E-state index in [0.717, 1.165) is 35.5 Å². The molecule has 2 heteroatoms. The third-order valence-electron chi connectivity index (χ3n) is 6.37. The highest BCUT2D eigenvalue weighted by molar-refractivity contribution is 6.11. The molecule has 1 aliphatic rings. The van der Waals surface area contributed by atoms with Gasteiger partial charge in [0.15, 0.2) is 0 Å². The summed E-state index contributed by atoms with van der Waals surface area (Å²) >= 11 is 0. The van der Waals surface area contributed by atoms with Crippen molar-refractivity contribution in [1.82, 2.24) is 4.98 Å². The molecular weight excluding hydrogens is 376 g/mol. The minimum atomic E-state index is -0.103. The van der Waals surface area contributed by atoms with Crippen molar-refractivity contribution >= 4 is 28.4 Å². The molecule has 0 bridgehead atoms. The second-order valence-electron chi connectivity index (χ2n) is 8.88. The second-order valence-corrected chi connectivity index (χ2v) is 8.88. The molecule has 0 spiro atoms. The number of hydrogen-bond acceptors (Lipinski definition) is 1. The second kappa shape index (κ2) is 7.70. The molecule has 0 aliphatic carbocycles. The predicted molar refractivity (Wildman–Crippen MR) is 133 cm³/mol. The Morgan fingerprint density at radius 3 is 2.48 bits per heavy atom. The number of fused-ring (bicyclic) bond motifs is 2. The van der Waals surface area contributed by atoms with E-state index >= 15 is 0 Å². The van der Waals surface area contributed by atoms with Crippen LogP contribution >= 0.6 is 0 Å². The highest BCUT2D eigenvalue weighted by Crippen LogP contribution is 2.41. The Morgan fingerprint density at radius 2 is 1.68 bits per heavy atom. The van der Waals surface area contributed by atoms with E-state index in [-0.39, 0.29) is 5.41 Å². The predicted octanol–water partition coefficient (Wildman–Crippen LogP) is 7.86. The van der Waals surface area contributed by atoms with Crippen molar-refractivity contribution in [2.24, 2.45) is 4.99 Å². The van der Waals surface area contributed by atoms with E-state index in [0.29, 0.717) is 0 Å². The van der Waals surface area contributed by atoms with Gasteiger partial charge in [-0.15, -0.1) is 0 Å². The summed E-state index contributed by atoms with van der Waals surface area (Å²) in [5, 5.41) is 1.23. The molecule has 0 fully saturated rings. The first kappa shape index (κ1) is 19.6. The van der Waals surface area contributed by atoms with E-state index in [1.54, 1.807) is 0 Å². The Morgan fingerprint density at radius 1 is 0.903 bits per heavy atom. The van der Waals surface area contributed by atoms with Gasteiger partial charge in [-0.3, -0.25) is 4.99 Å². The number of allylic oxidation sites excluding steroid dienone is 1. The number of rotatable bonds is 5. The Balaban J connectivity index is 1.57. The number of para-hydroxylation sites is 1. The molecule has 154 valence electrons. The first-order valence-corrected chi connectivity index (χ1v) is 11.1. The zero-order valence-corrected chi connectivity index (χ0v) is 18.4. The van der Waals surface area contributed by atoms with Gasteiger partial charge in [0.1, 0.15) is 0 Å². The summed E-state index contributed by atoms with van der Waals surface area (Å²) in [7, 11) is 0. The van der Waals surface area contributed by atoms with Gasteiger partial charge in [-0.05, 0) is 41.3 Å². The largest absolute Gasteiger partial charge is 0.354 e. The van der Waals surface area contributed by atoms with Crippen molar-refractivity contribution in [3.05, 3.63) is 95.6 Å². The molecular formula is C29H28N2. The molecule has 0 saturated carbocycles. The van der Waals surface area contributed by atoms with Crippen molar-refractivity contribution < 1.29 is 0 Å². The lowest BCUT2D eigenvalue weighted by atomic mass is 9.80. The third-order valence-corrected chi connectivity index (χ3v) is 6.37. The Kier molecular flexibility index (Phi) is 4.86. The molecule has 0 radical (unpaired) electrons. The lowest BCUT2D eigenvalue weighted by Crippen LogP contribution is -2.23. The smallest absolute Gasteiger partial charge is 0.0674 e. The van der Waals surface area contributed by atoms with E-state index in [1.807, 2.05) is 0 Å². The number of aliphatic imine (C=N–C) groups is 1. The molecule has 1 N–H and O–H groups in total. The van der Waals surface area contributed by atoms with Crippen LogP contribution in [0.4, 0.5) is 5.69 Å². The monoisotopic (exact) mass is 404 g/mol. The summed E-state index contributed by atoms with van der Waals surface area (Å²) < 4.78 is 0. The summed E-state index contributed by atoms with van der Waals surface area (Å²) in [4.78, 5) is 8.63. The summed E-state index contributed by atoms with van der Waals surface area (Å²) in [5.74, 6) is 0. The van der Waals surface area contributed by atoms with Crippen LogP contribution in [0.2, 0.25) is 0 Å². The van der Waals surface area contributed by atoms with Crippen LogP contribution in [-0.4, -0.2) is 10.7 Å². The number of aromatic nitrogens is 1. The van der Waals surface area contributed by atoms with Crippen molar-refractivity contribution in [1.29, 1.82) is 0 Å². The van der Waals surface area contributed by atoms with Crippen LogP contribution < -0.4 is 0 Å². The molecule has 0 amide bonds. The molecule has 0 atom stereocenters. The topological polar surface area (TPSA) is 28.1 Å². The quantitative estimate of drug-likeness (QED) is 0.351. The first-order chi connectivity index (χ1) is 15.1. The van der Waals surface area contributed by atoms with Crippen molar-refractivity contribution in [2.45, 2.75) is 39.0 Å². The van der Waals surface area contributed by atoms with Gasteiger partial charge in [-0.1, -0.05) is 93.9 Å². The number of hydrogen-bond donors (Lipinski definition) is 1. The van der Waals surface area contributed by atoms with Gasteiger partial charge in [0.05, 0.1) is 17.1 Å². The van der Waals surface area contributed by atoms with Gasteiger partial charge < -0.3 is 4.98 Å². The van der Waals surface area contributed by atoms with Crippen LogP contribution in [0.5, 0.6) is 0 Å². The lowest BCUT2D eigenvalue weighted by molar-refractivity contribution is 0.737. The van der Waals surface area contributed by atoms with Crippen molar-refractivity contribution in [3.8, 4) is 11.3 Å². The zero-order valence-electron chi connectivity index (χ0n) is 18.4. The fourth-order valence-corrected chi connectivity index (χ4v) is 4.61. The first-order valence-electron chi connectivity index (χ1n) is 11.1. The van der Waals surface area contributed by atoms with E-state index < -0.39 is 0 Å². The normalized spacial score (nSPS) is 14.9. The van der Waals surface area contributed by atoms with E-state index in [4.69, 9.17) is 4.99 Å². The maximum atomic E-state index is 5.01. The summed E-state index contributed by atoms with van der Waals surface area (Å²) in [6.07, 6.45) is 6.72. The highest BCUT2D eigenvalue weighted by Gasteiger charge is 2.33. The van der Waals surface area contributed by atoms with Gasteiger partial charge >= 0.3 is 0 Å². The lowest BCUT2D eigenvalue weighted by Gasteiger charge is -2.21. The van der Waals surface area contributed by atoms with Crippen LogP contribution in [0.1, 0.15) is 43.9 Å². The zero-order chi connectivity index (χ0) is 21.4. The number of nitrogens with one attached hydrogen (secondary N) is 1. The van der Waals surface area contributed by atoms with Gasteiger partial charge in [-0.25, -0.2) is 0 Å². The third kappa shape index (κ3) is 3.42. The van der Waals surface area contributed by atoms with Gasteiger partial charge in [0.25, 0.3) is 0 Å². The minimum absolute atomic E-state index is 0.103. The molecule has 0 saturated heterocycles. The van der Waals surface area contributed by atoms with Crippen LogP contribution in [-0.2, 0) is 11.8 Å². The van der Waals surface area contributed by atoms with Crippen molar-refractivity contribution in [2.75, 3.05) is 0 Å². The fourth-order valence-electron chi connectivity index (χ4n) is 4.61. The number of aryl methyl sites for hydroxylation is 1. The van der Waals surface area contributed by atoms with Crippen LogP contribution in [0.15, 0.2) is 83.9 Å². The number of H-pyrrole nitrogens is 1. The SMILES string of the molecule is CCCc1ccc2c(c1)C(C)(C)C(/C=C/c1c(-c3ccccc3)[nH]c3ccccc13)=N2. The maximum absolute atomic E-state index is 5.01. The highest BCUT2D eigenvalue weighted by atomic mass is 14.8. The Hall–Kier alpha value is -3.39. The van der Waals surface area contributed by atoms with Gasteiger partial charge in [0, 0.05) is 21.9 Å². The number of benzene rings is 3. The number of nitrogens with zero attached hydrogens (tertiary/aromatic N) is 1. The van der Waals surface area contributed by atoms with Crippen LogP contribution in [0.25, 0.3) is 28.2 Å². The van der Waals surface area contributed by atoms with E-state index in [2.05, 4.69) is 111 Å². The molecule has 1 aliphatic heterocycles. The summed E-state index contributed by atoms with van der Waals surface area (Å²) in [5.41, 5.74) is 9.55. The van der Waals surface area contributed by atoms with Crippen LogP contribution in [0.3, 0.4) is 0 Å². The molecule has 5 rings (SSSR count). The standard InChI is InChI=1S/C29H28N2/c1-4-10-20-15-17-26-24(19-20)29(2,3)27(30-26)18-16-23-22-13-8-9-14-25(22)31-28(23)21-11-6-5-7-12-21/h5-9,11-19,31H,4,10H2,1-3H3/b18-16+. The minimum Gasteiger partial charge on any atom is -0.354 e.